The largest absolute Gasteiger partial charge is 0.428 e. The number of rotatable bonds is 27. The van der Waals surface area contributed by atoms with Crippen LogP contribution in [-0.2, 0) is 28.6 Å². The van der Waals surface area contributed by atoms with Crippen LogP contribution in [0.2, 0.25) is 0 Å². The molecule has 0 spiro atoms. The number of unbranched alkanes of at least 4 members (excludes halogenated alkanes) is 16. The number of nitrogens with two attached hydrogens (primary N) is 1. The van der Waals surface area contributed by atoms with Crippen molar-refractivity contribution in [3.63, 3.8) is 0 Å². The monoisotopic (exact) mass is 650 g/mol. The first-order valence-corrected chi connectivity index (χ1v) is 18.3. The number of nitrogens with one attached hydrogen (secondary N) is 3. The summed E-state index contributed by atoms with van der Waals surface area (Å²) in [6.45, 7) is 7.21. The highest BCUT2D eigenvalue weighted by Crippen LogP contribution is 2.25. The zero-order valence-corrected chi connectivity index (χ0v) is 29.5. The normalized spacial score (nSPS) is 17.8. The third-order valence-electron chi connectivity index (χ3n) is 8.72. The van der Waals surface area contributed by atoms with E-state index in [-0.39, 0.29) is 30.4 Å². The summed E-state index contributed by atoms with van der Waals surface area (Å²) in [5, 5.41) is 13.4. The average Bonchev–Trinajstić information content (AvgIpc) is 3.02. The fourth-order valence-corrected chi connectivity index (χ4v) is 6.01. The summed E-state index contributed by atoms with van der Waals surface area (Å²) in [6.07, 6.45) is 24.7. The molecule has 0 heterocycles. The number of hydrogen-bond acceptors (Lipinski definition) is 7. The number of esters is 2. The van der Waals surface area contributed by atoms with Crippen LogP contribution in [0.25, 0.3) is 0 Å². The van der Waals surface area contributed by atoms with Crippen LogP contribution >= 0.6 is 0 Å². The van der Waals surface area contributed by atoms with Crippen molar-refractivity contribution in [1.29, 1.82) is 5.41 Å². The fourth-order valence-electron chi connectivity index (χ4n) is 6.01. The number of carbonyl (C=O) groups is 3. The molecule has 0 aromatic heterocycles. The molecular weight excluding hydrogens is 584 g/mol. The fraction of sp³-hybridized carbons (Fsp3) is 0.833. The van der Waals surface area contributed by atoms with Crippen molar-refractivity contribution in [3.05, 3.63) is 11.6 Å². The van der Waals surface area contributed by atoms with Gasteiger partial charge >= 0.3 is 11.9 Å². The SMILES string of the molecule is CCCCCCCCCCCCCCCCCCCC(=O)OCOC(=O)C1=C[C@@H](OC(CC)CC)[C@H](NC(C)=O)[C@@H](NC(=N)N)C1. The molecule has 46 heavy (non-hydrogen) atoms. The molecule has 1 amide bonds. The minimum atomic E-state index is -0.639. The molecule has 0 aliphatic heterocycles. The third kappa shape index (κ3) is 19.8. The molecule has 3 atom stereocenters. The predicted molar refractivity (Wildman–Crippen MR) is 184 cm³/mol. The van der Waals surface area contributed by atoms with Gasteiger partial charge in [0.2, 0.25) is 12.7 Å². The molecule has 0 saturated carbocycles. The van der Waals surface area contributed by atoms with Crippen molar-refractivity contribution >= 4 is 23.8 Å². The molecule has 10 heteroatoms. The van der Waals surface area contributed by atoms with Crippen LogP contribution in [0.5, 0.6) is 0 Å². The lowest BCUT2D eigenvalue weighted by molar-refractivity contribution is -0.165. The van der Waals surface area contributed by atoms with E-state index in [1.165, 1.54) is 96.8 Å². The van der Waals surface area contributed by atoms with Crippen molar-refractivity contribution in [1.82, 2.24) is 10.6 Å². The van der Waals surface area contributed by atoms with E-state index >= 15 is 0 Å². The Kier molecular flexibility index (Phi) is 23.8. The van der Waals surface area contributed by atoms with E-state index in [2.05, 4.69) is 17.6 Å². The second-order valence-electron chi connectivity index (χ2n) is 12.8. The van der Waals surface area contributed by atoms with E-state index in [4.69, 9.17) is 25.4 Å². The first-order valence-electron chi connectivity index (χ1n) is 18.3. The van der Waals surface area contributed by atoms with Crippen LogP contribution in [0.1, 0.15) is 163 Å². The number of ether oxygens (including phenoxy) is 3. The van der Waals surface area contributed by atoms with Gasteiger partial charge in [-0.2, -0.15) is 0 Å². The molecule has 0 radical (unpaired) electrons. The van der Waals surface area contributed by atoms with Gasteiger partial charge in [0.1, 0.15) is 0 Å². The van der Waals surface area contributed by atoms with E-state index < -0.39 is 30.9 Å². The maximum atomic E-state index is 12.9. The Morgan fingerprint density at radius 2 is 1.30 bits per heavy atom. The molecule has 1 aliphatic carbocycles. The lowest BCUT2D eigenvalue weighted by atomic mass is 9.87. The van der Waals surface area contributed by atoms with E-state index in [1.54, 1.807) is 6.08 Å². The molecule has 1 rings (SSSR count). The number of carbonyl (C=O) groups excluding carboxylic acids is 3. The van der Waals surface area contributed by atoms with Crippen molar-refractivity contribution in [2.45, 2.75) is 187 Å². The molecule has 0 unspecified atom stereocenters. The summed E-state index contributed by atoms with van der Waals surface area (Å²) >= 11 is 0. The molecule has 0 aromatic rings. The van der Waals surface area contributed by atoms with Gasteiger partial charge in [0.05, 0.1) is 24.3 Å². The number of amides is 1. The summed E-state index contributed by atoms with van der Waals surface area (Å²) in [7, 11) is 0. The van der Waals surface area contributed by atoms with Crippen molar-refractivity contribution in [2.24, 2.45) is 5.73 Å². The molecule has 0 bridgehead atoms. The molecule has 0 saturated heterocycles. The minimum Gasteiger partial charge on any atom is -0.428 e. The highest BCUT2D eigenvalue weighted by molar-refractivity contribution is 5.89. The Balaban J connectivity index is 2.27. The molecule has 266 valence electrons. The third-order valence-corrected chi connectivity index (χ3v) is 8.72. The van der Waals surface area contributed by atoms with Crippen LogP contribution in [0.4, 0.5) is 0 Å². The number of guanidine groups is 1. The van der Waals surface area contributed by atoms with Crippen LogP contribution in [0.15, 0.2) is 11.6 Å². The number of hydrogen-bond donors (Lipinski definition) is 4. The second-order valence-corrected chi connectivity index (χ2v) is 12.8. The Bertz CT molecular complexity index is 892. The summed E-state index contributed by atoms with van der Waals surface area (Å²) in [5.41, 5.74) is 5.90. The van der Waals surface area contributed by atoms with Crippen molar-refractivity contribution in [2.75, 3.05) is 6.79 Å². The van der Waals surface area contributed by atoms with Crippen LogP contribution in [-0.4, -0.2) is 54.9 Å². The Morgan fingerprint density at radius 1 is 0.804 bits per heavy atom. The van der Waals surface area contributed by atoms with Gasteiger partial charge in [0.25, 0.3) is 0 Å². The highest BCUT2D eigenvalue weighted by Gasteiger charge is 2.38. The van der Waals surface area contributed by atoms with Crippen LogP contribution in [0, 0.1) is 5.41 Å². The Labute approximate surface area is 279 Å². The molecule has 0 fully saturated rings. The smallest absolute Gasteiger partial charge is 0.336 e. The average molecular weight is 651 g/mol. The minimum absolute atomic E-state index is 0.0822. The van der Waals surface area contributed by atoms with Gasteiger partial charge < -0.3 is 30.6 Å². The Morgan fingerprint density at radius 3 is 1.76 bits per heavy atom. The van der Waals surface area contributed by atoms with Gasteiger partial charge in [-0.1, -0.05) is 124 Å². The van der Waals surface area contributed by atoms with Gasteiger partial charge in [0.15, 0.2) is 5.96 Å². The highest BCUT2D eigenvalue weighted by atomic mass is 16.7. The first-order chi connectivity index (χ1) is 22.2. The summed E-state index contributed by atoms with van der Waals surface area (Å²) < 4.78 is 16.6. The van der Waals surface area contributed by atoms with Gasteiger partial charge in [-0.25, -0.2) is 4.79 Å². The standard InChI is InChI=1S/C36H66N4O6/c1-5-8-9-10-11-12-13-14-15-16-17-18-19-20-21-22-23-24-33(42)44-27-45-35(43)29-25-31(40-36(37)38)34(39-28(4)41)32(26-29)46-30(6-2)7-3/h26,30-32,34H,5-25,27H2,1-4H3,(H,39,41)(H4,37,38,40)/t31-,32+,34+/m0/s1. The van der Waals surface area contributed by atoms with E-state index in [1.807, 2.05) is 13.8 Å². The lowest BCUT2D eigenvalue weighted by Gasteiger charge is -2.38. The summed E-state index contributed by atoms with van der Waals surface area (Å²) in [5.74, 6) is -1.57. The lowest BCUT2D eigenvalue weighted by Crippen LogP contribution is -2.60. The van der Waals surface area contributed by atoms with Crippen LogP contribution < -0.4 is 16.4 Å². The Hall–Kier alpha value is -2.62. The van der Waals surface area contributed by atoms with E-state index in [0.717, 1.165) is 32.1 Å². The predicted octanol–water partition coefficient (Wildman–Crippen LogP) is 7.33. The van der Waals surface area contributed by atoms with Gasteiger partial charge in [-0.05, 0) is 25.3 Å². The molecule has 10 nitrogen and oxygen atoms in total. The maximum Gasteiger partial charge on any atom is 0.336 e. The summed E-state index contributed by atoms with van der Waals surface area (Å²) in [4.78, 5) is 37.0. The molecule has 0 aromatic carbocycles. The molecular formula is C36H66N4O6. The molecule has 5 N–H and O–H groups in total. The quantitative estimate of drug-likeness (QED) is 0.0237. The van der Waals surface area contributed by atoms with E-state index in [0.29, 0.717) is 12.0 Å². The van der Waals surface area contributed by atoms with Gasteiger partial charge in [0, 0.05) is 25.3 Å². The van der Waals surface area contributed by atoms with Crippen LogP contribution in [0.3, 0.4) is 0 Å². The van der Waals surface area contributed by atoms with Gasteiger partial charge in [-0.3, -0.25) is 15.0 Å². The zero-order chi connectivity index (χ0) is 34.0. The topological polar surface area (TPSA) is 153 Å². The first kappa shape index (κ1) is 41.4. The molecule has 1 aliphatic rings. The second kappa shape index (κ2) is 26.4. The summed E-state index contributed by atoms with van der Waals surface area (Å²) in [6, 6.07) is -1.10. The van der Waals surface area contributed by atoms with Crippen molar-refractivity contribution < 1.29 is 28.6 Å². The van der Waals surface area contributed by atoms with Gasteiger partial charge in [-0.15, -0.1) is 0 Å². The zero-order valence-electron chi connectivity index (χ0n) is 29.5. The van der Waals surface area contributed by atoms with Crippen molar-refractivity contribution in [3.8, 4) is 0 Å². The van der Waals surface area contributed by atoms with E-state index in [9.17, 15) is 14.4 Å². The maximum absolute atomic E-state index is 12.9.